The van der Waals surface area contributed by atoms with Gasteiger partial charge in [0.2, 0.25) is 5.36 Å². The van der Waals surface area contributed by atoms with Crippen molar-refractivity contribution >= 4 is 32.9 Å². The minimum Gasteiger partial charge on any atom is -0.371 e. The highest BCUT2D eigenvalue weighted by Gasteiger charge is 2.21. The zero-order valence-electron chi connectivity index (χ0n) is 17.7. The van der Waals surface area contributed by atoms with Gasteiger partial charge < -0.3 is 9.80 Å². The first-order valence-corrected chi connectivity index (χ1v) is 12.0. The molecule has 0 aromatic heterocycles. The minimum atomic E-state index is 1.01. The maximum absolute atomic E-state index is 5.16. The molecule has 2 fully saturated rings. The average molecular weight is 408 g/mol. The first-order valence-electron chi connectivity index (χ1n) is 11.2. The molecule has 0 bridgehead atoms. The highest BCUT2D eigenvalue weighted by atomic mass is 32.1. The van der Waals surface area contributed by atoms with E-state index in [2.05, 4.69) is 58.6 Å². The topological polar surface area (TPSA) is 22.4 Å². The molecule has 1 aromatic carbocycles. The van der Waals surface area contributed by atoms with Crippen molar-refractivity contribution in [2.75, 3.05) is 49.1 Å². The Balaban J connectivity index is 1.72. The largest absolute Gasteiger partial charge is 0.371 e. The van der Waals surface area contributed by atoms with E-state index in [4.69, 9.17) is 4.98 Å². The minimum absolute atomic E-state index is 1.01. The van der Waals surface area contributed by atoms with E-state index < -0.39 is 0 Å². The molecule has 1 aromatic rings. The summed E-state index contributed by atoms with van der Waals surface area (Å²) >= 11 is 1.91. The third kappa shape index (κ3) is 3.50. The van der Waals surface area contributed by atoms with Crippen molar-refractivity contribution in [3.63, 3.8) is 0 Å². The molecular weight excluding hydrogens is 376 g/mol. The number of hydrogen-bond donors (Lipinski definition) is 0. The monoisotopic (exact) mass is 407 g/mol. The summed E-state index contributed by atoms with van der Waals surface area (Å²) in [4.78, 5) is 11.5. The number of benzene rings is 2. The summed E-state index contributed by atoms with van der Waals surface area (Å²) < 4.78 is 3.75. The fourth-order valence-electron chi connectivity index (χ4n) is 4.82. The van der Waals surface area contributed by atoms with Crippen molar-refractivity contribution in [3.8, 4) is 10.6 Å². The van der Waals surface area contributed by atoms with E-state index in [-0.39, 0.29) is 0 Å². The molecule has 4 nitrogen and oxygen atoms in total. The second-order valence-electron chi connectivity index (χ2n) is 8.24. The Bertz CT molecular complexity index is 1050. The van der Waals surface area contributed by atoms with Crippen LogP contribution in [-0.4, -0.2) is 44.3 Å². The number of anilines is 2. The molecular formula is C24H31N4S+. The van der Waals surface area contributed by atoms with E-state index in [0.717, 1.165) is 24.3 Å². The van der Waals surface area contributed by atoms with Gasteiger partial charge in [-0.3, -0.25) is 0 Å². The van der Waals surface area contributed by atoms with Gasteiger partial charge in [0.05, 0.1) is 15.1 Å². The Kier molecular flexibility index (Phi) is 5.17. The van der Waals surface area contributed by atoms with Gasteiger partial charge in [-0.15, -0.1) is 11.3 Å². The van der Waals surface area contributed by atoms with Crippen LogP contribution in [0.3, 0.4) is 0 Å². The van der Waals surface area contributed by atoms with Gasteiger partial charge >= 0.3 is 0 Å². The summed E-state index contributed by atoms with van der Waals surface area (Å²) in [7, 11) is 0. The lowest BCUT2D eigenvalue weighted by molar-refractivity contribution is 0.626. The molecule has 4 aliphatic rings. The lowest BCUT2D eigenvalue weighted by Gasteiger charge is -2.20. The number of aromatic nitrogens is 1. The van der Waals surface area contributed by atoms with Gasteiger partial charge in [0.25, 0.3) is 0 Å². The second-order valence-corrected chi connectivity index (χ2v) is 9.32. The van der Waals surface area contributed by atoms with Crippen LogP contribution in [0, 0.1) is 0 Å². The van der Waals surface area contributed by atoms with Crippen molar-refractivity contribution in [1.82, 2.24) is 9.56 Å². The van der Waals surface area contributed by atoms with Crippen molar-refractivity contribution in [3.05, 3.63) is 35.7 Å². The summed E-state index contributed by atoms with van der Waals surface area (Å²) in [5, 5.41) is 1.29. The van der Waals surface area contributed by atoms with Crippen LogP contribution in [0.4, 0.5) is 11.4 Å². The lowest BCUT2D eigenvalue weighted by Crippen LogP contribution is -2.33. The molecule has 0 atom stereocenters. The summed E-state index contributed by atoms with van der Waals surface area (Å²) in [6.45, 7) is 11.2. The van der Waals surface area contributed by atoms with Crippen LogP contribution >= 0.6 is 11.3 Å². The van der Waals surface area contributed by atoms with E-state index in [1.807, 2.05) is 11.3 Å². The molecule has 29 heavy (non-hydrogen) atoms. The molecule has 3 aliphatic heterocycles. The van der Waals surface area contributed by atoms with Crippen LogP contribution in [-0.2, 0) is 0 Å². The summed E-state index contributed by atoms with van der Waals surface area (Å²) in [6.07, 6.45) is 5.22. The Morgan fingerprint density at radius 3 is 2.17 bits per heavy atom. The third-order valence-electron chi connectivity index (χ3n) is 6.48. The molecule has 0 radical (unpaired) electrons. The first-order chi connectivity index (χ1) is 14.3. The van der Waals surface area contributed by atoms with E-state index in [0.29, 0.717) is 0 Å². The number of nitrogens with zero attached hydrogens (tertiary/aromatic N) is 4. The number of fused-ring (bicyclic) bond motifs is 2. The summed E-state index contributed by atoms with van der Waals surface area (Å²) in [6, 6.07) is 11.6. The Morgan fingerprint density at radius 1 is 0.862 bits per heavy atom. The Morgan fingerprint density at radius 2 is 1.52 bits per heavy atom. The van der Waals surface area contributed by atoms with Crippen molar-refractivity contribution in [2.24, 2.45) is 0 Å². The zero-order valence-corrected chi connectivity index (χ0v) is 18.5. The SMILES string of the molecule is CC[N+](CC)=c1cc(N2CCCC2)cc2sc3cc(N4CCCC4)ccc3nc1-2. The molecule has 0 saturated carbocycles. The summed E-state index contributed by atoms with van der Waals surface area (Å²) in [5.41, 5.74) is 4.99. The summed E-state index contributed by atoms with van der Waals surface area (Å²) in [5.74, 6) is 0. The zero-order chi connectivity index (χ0) is 19.8. The molecule has 152 valence electrons. The van der Waals surface area contributed by atoms with E-state index in [1.54, 1.807) is 0 Å². The normalized spacial score (nSPS) is 17.0. The molecule has 2 saturated heterocycles. The fourth-order valence-corrected chi connectivity index (χ4v) is 5.88. The molecule has 3 heterocycles. The molecule has 0 N–H and O–H groups in total. The molecule has 0 unspecified atom stereocenters. The Labute approximate surface area is 177 Å². The van der Waals surface area contributed by atoms with Crippen LogP contribution in [0.1, 0.15) is 39.5 Å². The van der Waals surface area contributed by atoms with Crippen molar-refractivity contribution in [2.45, 2.75) is 39.5 Å². The molecule has 5 heteroatoms. The van der Waals surface area contributed by atoms with Crippen LogP contribution in [0.15, 0.2) is 30.3 Å². The van der Waals surface area contributed by atoms with Crippen LogP contribution in [0.5, 0.6) is 0 Å². The third-order valence-corrected chi connectivity index (χ3v) is 7.56. The predicted octanol–water partition coefficient (Wildman–Crippen LogP) is 4.41. The smallest absolute Gasteiger partial charge is 0.229 e. The van der Waals surface area contributed by atoms with Gasteiger partial charge in [0, 0.05) is 43.6 Å². The van der Waals surface area contributed by atoms with Gasteiger partial charge in [-0.25, -0.2) is 9.56 Å². The van der Waals surface area contributed by atoms with Crippen molar-refractivity contribution in [1.29, 1.82) is 0 Å². The molecule has 5 rings (SSSR count). The predicted molar refractivity (Wildman–Crippen MR) is 125 cm³/mol. The van der Waals surface area contributed by atoms with Gasteiger partial charge in [0.15, 0.2) is 5.69 Å². The van der Waals surface area contributed by atoms with Gasteiger partial charge in [-0.2, -0.15) is 0 Å². The van der Waals surface area contributed by atoms with Gasteiger partial charge in [0.1, 0.15) is 13.1 Å². The number of rotatable bonds is 4. The average Bonchev–Trinajstić information content (AvgIpc) is 3.47. The second kappa shape index (κ2) is 7.94. The molecule has 1 aliphatic carbocycles. The lowest BCUT2D eigenvalue weighted by atomic mass is 10.2. The first kappa shape index (κ1) is 18.9. The quantitative estimate of drug-likeness (QED) is 0.472. The number of hydrogen-bond acceptors (Lipinski definition) is 4. The molecule has 0 amide bonds. The highest BCUT2D eigenvalue weighted by molar-refractivity contribution is 7.21. The standard InChI is InChI=1S/C24H31N4S/c1-3-26(4-2)21-15-19(28-13-7-8-14-28)17-23-24(21)25-20-10-9-18(16-22(20)29-23)27-11-5-6-12-27/h9-10,15-17H,3-8,11-14H2,1-2H3/q+1. The van der Waals surface area contributed by atoms with E-state index in [1.165, 1.54) is 78.2 Å². The van der Waals surface area contributed by atoms with Gasteiger partial charge in [-0.05, 0) is 63.8 Å². The van der Waals surface area contributed by atoms with Gasteiger partial charge in [-0.1, -0.05) is 0 Å². The van der Waals surface area contributed by atoms with E-state index in [9.17, 15) is 0 Å². The van der Waals surface area contributed by atoms with Crippen LogP contribution in [0.25, 0.3) is 20.8 Å². The Hall–Kier alpha value is -2.14. The molecule has 0 spiro atoms. The van der Waals surface area contributed by atoms with E-state index >= 15 is 0 Å². The maximum Gasteiger partial charge on any atom is 0.229 e. The van der Waals surface area contributed by atoms with Crippen LogP contribution < -0.4 is 19.7 Å². The highest BCUT2D eigenvalue weighted by Crippen LogP contribution is 2.34. The maximum atomic E-state index is 5.16. The van der Waals surface area contributed by atoms with Crippen LogP contribution in [0.2, 0.25) is 0 Å². The fraction of sp³-hybridized carbons (Fsp3) is 0.500. The van der Waals surface area contributed by atoms with Crippen molar-refractivity contribution < 1.29 is 0 Å².